The molecule has 0 aromatic heterocycles. The third kappa shape index (κ3) is 2.18. The van der Waals surface area contributed by atoms with Gasteiger partial charge in [-0.2, -0.15) is 22.0 Å². The first-order chi connectivity index (χ1) is 9.39. The third-order valence-corrected chi connectivity index (χ3v) is 3.41. The number of ketones is 1. The molecule has 3 nitrogen and oxygen atoms in total. The summed E-state index contributed by atoms with van der Waals surface area (Å²) in [6, 6.07) is 2.87. The summed E-state index contributed by atoms with van der Waals surface area (Å²) in [5.74, 6) is -8.24. The fourth-order valence-electron chi connectivity index (χ4n) is 2.02. The van der Waals surface area contributed by atoms with Crippen LogP contribution >= 0.6 is 0 Å². The van der Waals surface area contributed by atoms with Crippen LogP contribution in [-0.4, -0.2) is 23.8 Å². The van der Waals surface area contributed by atoms with Crippen molar-refractivity contribution >= 4 is 17.4 Å². The number of fused-ring (bicyclic) bond motifs is 1. The molecule has 1 aromatic rings. The molecule has 0 atom stereocenters. The molecule has 1 amide bonds. The van der Waals surface area contributed by atoms with Crippen molar-refractivity contribution < 1.29 is 31.5 Å². The maximum atomic E-state index is 13.1. The van der Waals surface area contributed by atoms with Crippen LogP contribution in [0.1, 0.15) is 29.8 Å². The molecule has 1 N–H and O–H groups in total. The van der Waals surface area contributed by atoms with Gasteiger partial charge in [-0.05, 0) is 37.6 Å². The topological polar surface area (TPSA) is 46.2 Å². The first-order valence-corrected chi connectivity index (χ1v) is 5.84. The zero-order valence-electron chi connectivity index (χ0n) is 10.9. The van der Waals surface area contributed by atoms with E-state index in [1.807, 2.05) is 0 Å². The Hall–Kier alpha value is -1.99. The Kier molecular flexibility index (Phi) is 3.12. The second-order valence-corrected chi connectivity index (χ2v) is 5.24. The van der Waals surface area contributed by atoms with Gasteiger partial charge < -0.3 is 5.32 Å². The lowest BCUT2D eigenvalue weighted by atomic mass is 9.84. The molecular formula is C13H10F5NO2. The first-order valence-electron chi connectivity index (χ1n) is 5.84. The Bertz CT molecular complexity index is 634. The van der Waals surface area contributed by atoms with E-state index in [2.05, 4.69) is 5.32 Å². The van der Waals surface area contributed by atoms with Crippen molar-refractivity contribution in [2.75, 3.05) is 5.32 Å². The van der Waals surface area contributed by atoms with Crippen molar-refractivity contribution in [2.45, 2.75) is 31.4 Å². The largest absolute Gasteiger partial charge is 0.461 e. The molecule has 0 aliphatic carbocycles. The summed E-state index contributed by atoms with van der Waals surface area (Å²) in [5.41, 5.74) is -1.41. The van der Waals surface area contributed by atoms with Crippen LogP contribution < -0.4 is 5.32 Å². The Balaban J connectivity index is 2.48. The summed E-state index contributed by atoms with van der Waals surface area (Å²) in [7, 11) is 0. The average Bonchev–Trinajstić information content (AvgIpc) is 2.58. The lowest BCUT2D eigenvalue weighted by Crippen LogP contribution is -2.44. The van der Waals surface area contributed by atoms with Gasteiger partial charge in [0.1, 0.15) is 0 Å². The van der Waals surface area contributed by atoms with Crippen LogP contribution in [0.3, 0.4) is 0 Å². The number of hydrogen-bond acceptors (Lipinski definition) is 2. The van der Waals surface area contributed by atoms with Crippen molar-refractivity contribution in [3.63, 3.8) is 0 Å². The van der Waals surface area contributed by atoms with Gasteiger partial charge in [-0.15, -0.1) is 0 Å². The van der Waals surface area contributed by atoms with Crippen molar-refractivity contribution in [1.29, 1.82) is 0 Å². The second-order valence-electron chi connectivity index (χ2n) is 5.24. The summed E-state index contributed by atoms with van der Waals surface area (Å²) in [6.45, 7) is 2.95. The number of amides is 1. The van der Waals surface area contributed by atoms with E-state index in [1.54, 1.807) is 0 Å². The van der Waals surface area contributed by atoms with Crippen molar-refractivity contribution in [3.8, 4) is 0 Å². The summed E-state index contributed by atoms with van der Waals surface area (Å²) >= 11 is 0. The summed E-state index contributed by atoms with van der Waals surface area (Å²) < 4.78 is 62.8. The highest BCUT2D eigenvalue weighted by molar-refractivity contribution is 6.08. The Labute approximate surface area is 116 Å². The fraction of sp³-hybridized carbons (Fsp3) is 0.385. The number of anilines is 1. The van der Waals surface area contributed by atoms with Gasteiger partial charge in [0.15, 0.2) is 0 Å². The third-order valence-electron chi connectivity index (χ3n) is 3.41. The molecule has 114 valence electrons. The minimum Gasteiger partial charge on any atom is -0.325 e. The van der Waals surface area contributed by atoms with Gasteiger partial charge in [0, 0.05) is 11.3 Å². The van der Waals surface area contributed by atoms with Crippen LogP contribution in [0.4, 0.5) is 27.6 Å². The number of Topliss-reactive ketones (excluding diaryl/α,β-unsaturated/α-hetero) is 1. The van der Waals surface area contributed by atoms with Gasteiger partial charge >= 0.3 is 12.1 Å². The van der Waals surface area contributed by atoms with Crippen LogP contribution in [0.5, 0.6) is 0 Å². The number of halogens is 5. The van der Waals surface area contributed by atoms with Gasteiger partial charge in [-0.1, -0.05) is 0 Å². The highest BCUT2D eigenvalue weighted by Crippen LogP contribution is 2.41. The van der Waals surface area contributed by atoms with Gasteiger partial charge in [0.25, 0.3) is 0 Å². The maximum Gasteiger partial charge on any atom is 0.461 e. The van der Waals surface area contributed by atoms with Crippen LogP contribution in [0, 0.1) is 0 Å². The van der Waals surface area contributed by atoms with Gasteiger partial charge in [-0.25, -0.2) is 0 Å². The minimum atomic E-state index is -5.97. The highest BCUT2D eigenvalue weighted by Gasteiger charge is 2.63. The van der Waals surface area contributed by atoms with E-state index in [1.165, 1.54) is 13.8 Å². The van der Waals surface area contributed by atoms with E-state index in [0.29, 0.717) is 0 Å². The predicted molar refractivity (Wildman–Crippen MR) is 63.4 cm³/mol. The number of hydrogen-bond donors (Lipinski definition) is 1. The molecule has 0 radical (unpaired) electrons. The van der Waals surface area contributed by atoms with Gasteiger partial charge in [-0.3, -0.25) is 9.59 Å². The van der Waals surface area contributed by atoms with Gasteiger partial charge in [0.2, 0.25) is 11.7 Å². The highest BCUT2D eigenvalue weighted by atomic mass is 19.4. The summed E-state index contributed by atoms with van der Waals surface area (Å²) in [4.78, 5) is 23.1. The second kappa shape index (κ2) is 4.25. The quantitative estimate of drug-likeness (QED) is 0.673. The molecule has 21 heavy (non-hydrogen) atoms. The van der Waals surface area contributed by atoms with Gasteiger partial charge in [0.05, 0.1) is 5.41 Å². The van der Waals surface area contributed by atoms with Crippen LogP contribution in [0.15, 0.2) is 18.2 Å². The number of alkyl halides is 5. The van der Waals surface area contributed by atoms with E-state index in [4.69, 9.17) is 0 Å². The van der Waals surface area contributed by atoms with Crippen LogP contribution in [0.25, 0.3) is 0 Å². The molecule has 0 unspecified atom stereocenters. The van der Waals surface area contributed by atoms with E-state index < -0.39 is 34.8 Å². The predicted octanol–water partition coefficient (Wildman–Crippen LogP) is 3.30. The Morgan fingerprint density at radius 1 is 1.14 bits per heavy atom. The smallest absolute Gasteiger partial charge is 0.325 e. The molecule has 0 saturated heterocycles. The monoisotopic (exact) mass is 307 g/mol. The Morgan fingerprint density at radius 2 is 1.71 bits per heavy atom. The molecule has 1 heterocycles. The summed E-state index contributed by atoms with van der Waals surface area (Å²) in [6.07, 6.45) is -5.97. The lowest BCUT2D eigenvalue weighted by molar-refractivity contribution is -0.255. The molecule has 1 aromatic carbocycles. The molecule has 1 aliphatic rings. The molecular weight excluding hydrogens is 297 g/mol. The minimum absolute atomic E-state index is 0.205. The molecule has 0 spiro atoms. The molecule has 8 heteroatoms. The van der Waals surface area contributed by atoms with E-state index in [9.17, 15) is 31.5 Å². The van der Waals surface area contributed by atoms with E-state index in [-0.39, 0.29) is 11.3 Å². The molecule has 0 saturated carbocycles. The van der Waals surface area contributed by atoms with Crippen molar-refractivity contribution in [2.24, 2.45) is 0 Å². The first kappa shape index (κ1) is 15.4. The van der Waals surface area contributed by atoms with E-state index >= 15 is 0 Å². The zero-order chi connectivity index (χ0) is 16.2. The SMILES string of the molecule is CC1(C)C(=O)Nc2ccc(C(=O)C(F)(F)C(F)(F)F)cc21. The van der Waals surface area contributed by atoms with Crippen LogP contribution in [-0.2, 0) is 10.2 Å². The number of carbonyl (C=O) groups is 2. The lowest BCUT2D eigenvalue weighted by Gasteiger charge is -2.19. The van der Waals surface area contributed by atoms with Crippen molar-refractivity contribution in [1.82, 2.24) is 0 Å². The zero-order valence-corrected chi connectivity index (χ0v) is 10.9. The molecule has 0 fully saturated rings. The number of carbonyl (C=O) groups excluding carboxylic acids is 2. The molecule has 1 aliphatic heterocycles. The standard InChI is InChI=1S/C13H10F5NO2/c1-11(2)7-5-6(3-4-8(7)19-10(11)21)9(20)12(14,15)13(16,17)18/h3-5H,1-2H3,(H,19,21). The average molecular weight is 307 g/mol. The number of benzene rings is 1. The fourth-order valence-corrected chi connectivity index (χ4v) is 2.02. The number of rotatable bonds is 2. The van der Waals surface area contributed by atoms with E-state index in [0.717, 1.165) is 18.2 Å². The molecule has 2 rings (SSSR count). The Morgan fingerprint density at radius 3 is 2.24 bits per heavy atom. The van der Waals surface area contributed by atoms with Crippen molar-refractivity contribution in [3.05, 3.63) is 29.3 Å². The summed E-state index contributed by atoms with van der Waals surface area (Å²) in [5, 5.41) is 2.46. The molecule has 0 bridgehead atoms. The van der Waals surface area contributed by atoms with Crippen LogP contribution in [0.2, 0.25) is 0 Å². The maximum absolute atomic E-state index is 13.1. The normalized spacial score (nSPS) is 17.4. The number of nitrogens with one attached hydrogen (secondary N) is 1.